The maximum atomic E-state index is 13.2. The van der Waals surface area contributed by atoms with Gasteiger partial charge in [0, 0.05) is 34.9 Å². The number of carbonyl (C=O) groups is 2. The van der Waals surface area contributed by atoms with Crippen molar-refractivity contribution in [3.8, 4) is 5.69 Å². The molecule has 1 aromatic heterocycles. The summed E-state index contributed by atoms with van der Waals surface area (Å²) in [5.74, 6) is -0.547. The molecule has 3 aromatic rings. The van der Waals surface area contributed by atoms with Gasteiger partial charge in [-0.2, -0.15) is 0 Å². The Hall–Kier alpha value is -3.18. The van der Waals surface area contributed by atoms with Gasteiger partial charge in [-0.3, -0.25) is 19.0 Å². The predicted octanol–water partition coefficient (Wildman–Crippen LogP) is 3.94. The first-order valence-corrected chi connectivity index (χ1v) is 9.82. The SMILES string of the molecule is O=C1CCCc2c1cc(C(=O)NCc1ccccc1)c(=O)n2-c1ccc(Cl)cc1. The third kappa shape index (κ3) is 3.87. The fourth-order valence-corrected chi connectivity index (χ4v) is 3.72. The molecular formula is C23H19ClN2O3. The van der Waals surface area contributed by atoms with Gasteiger partial charge in [-0.15, -0.1) is 0 Å². The van der Waals surface area contributed by atoms with E-state index in [2.05, 4.69) is 5.32 Å². The first-order chi connectivity index (χ1) is 14.0. The number of rotatable bonds is 4. The quantitative estimate of drug-likeness (QED) is 0.713. The van der Waals surface area contributed by atoms with Crippen molar-refractivity contribution in [2.75, 3.05) is 0 Å². The highest BCUT2D eigenvalue weighted by atomic mass is 35.5. The van der Waals surface area contributed by atoms with Gasteiger partial charge in [-0.1, -0.05) is 41.9 Å². The molecule has 2 aromatic carbocycles. The van der Waals surface area contributed by atoms with E-state index in [0.717, 1.165) is 5.56 Å². The number of pyridine rings is 1. The summed E-state index contributed by atoms with van der Waals surface area (Å²) in [6, 6.07) is 17.7. The zero-order chi connectivity index (χ0) is 20.4. The van der Waals surface area contributed by atoms with Crippen LogP contribution in [-0.2, 0) is 13.0 Å². The lowest BCUT2D eigenvalue weighted by molar-refractivity contribution is 0.0949. The van der Waals surface area contributed by atoms with Crippen LogP contribution in [0.3, 0.4) is 0 Å². The number of Topliss-reactive ketones (excluding diaryl/α,β-unsaturated/α-hetero) is 1. The number of hydrogen-bond donors (Lipinski definition) is 1. The number of aromatic nitrogens is 1. The van der Waals surface area contributed by atoms with Gasteiger partial charge in [0.25, 0.3) is 11.5 Å². The van der Waals surface area contributed by atoms with Crippen LogP contribution in [0.25, 0.3) is 5.69 Å². The minimum Gasteiger partial charge on any atom is -0.348 e. The molecule has 0 saturated heterocycles. The van der Waals surface area contributed by atoms with Gasteiger partial charge in [0.2, 0.25) is 0 Å². The smallest absolute Gasteiger partial charge is 0.268 e. The maximum absolute atomic E-state index is 13.2. The summed E-state index contributed by atoms with van der Waals surface area (Å²) >= 11 is 5.98. The number of hydrogen-bond acceptors (Lipinski definition) is 3. The summed E-state index contributed by atoms with van der Waals surface area (Å²) in [4.78, 5) is 38.6. The highest BCUT2D eigenvalue weighted by Crippen LogP contribution is 2.24. The third-order valence-electron chi connectivity index (χ3n) is 5.05. The number of nitrogens with one attached hydrogen (secondary N) is 1. The zero-order valence-corrected chi connectivity index (χ0v) is 16.4. The van der Waals surface area contributed by atoms with Crippen LogP contribution in [0.5, 0.6) is 0 Å². The standard InChI is InChI=1S/C23H19ClN2O3/c24-16-9-11-17(12-10-16)26-20-7-4-8-21(27)18(20)13-19(23(26)29)22(28)25-14-15-5-2-1-3-6-15/h1-3,5-6,9-13H,4,7-8,14H2,(H,25,28). The molecule has 1 amide bonds. The average Bonchev–Trinajstić information content (AvgIpc) is 2.74. The molecule has 0 bridgehead atoms. The Labute approximate surface area is 172 Å². The molecule has 6 heteroatoms. The number of amides is 1. The number of nitrogens with zero attached hydrogens (tertiary/aromatic N) is 1. The second-order valence-corrected chi connectivity index (χ2v) is 7.42. The van der Waals surface area contributed by atoms with Gasteiger partial charge in [-0.25, -0.2) is 0 Å². The molecule has 0 unspecified atom stereocenters. The molecule has 146 valence electrons. The molecule has 0 radical (unpaired) electrons. The molecule has 0 spiro atoms. The van der Waals surface area contributed by atoms with Crippen LogP contribution < -0.4 is 10.9 Å². The largest absolute Gasteiger partial charge is 0.348 e. The zero-order valence-electron chi connectivity index (χ0n) is 15.7. The molecule has 4 rings (SSSR count). The van der Waals surface area contributed by atoms with Gasteiger partial charge < -0.3 is 5.32 Å². The van der Waals surface area contributed by atoms with E-state index in [1.165, 1.54) is 10.6 Å². The molecule has 0 saturated carbocycles. The lowest BCUT2D eigenvalue weighted by Crippen LogP contribution is -2.35. The minimum atomic E-state index is -0.497. The highest BCUT2D eigenvalue weighted by Gasteiger charge is 2.26. The summed E-state index contributed by atoms with van der Waals surface area (Å²) < 4.78 is 1.47. The van der Waals surface area contributed by atoms with E-state index in [-0.39, 0.29) is 11.3 Å². The van der Waals surface area contributed by atoms with Gasteiger partial charge in [0.1, 0.15) is 5.56 Å². The first kappa shape index (κ1) is 19.2. The van der Waals surface area contributed by atoms with Gasteiger partial charge in [0.05, 0.1) is 0 Å². The van der Waals surface area contributed by atoms with Crippen LogP contribution in [0.1, 0.15) is 44.8 Å². The molecule has 1 aliphatic rings. The van der Waals surface area contributed by atoms with E-state index >= 15 is 0 Å². The van der Waals surface area contributed by atoms with Crippen LogP contribution in [-0.4, -0.2) is 16.3 Å². The third-order valence-corrected chi connectivity index (χ3v) is 5.30. The van der Waals surface area contributed by atoms with E-state index in [1.807, 2.05) is 30.3 Å². The number of carbonyl (C=O) groups excluding carboxylic acids is 2. The van der Waals surface area contributed by atoms with Crippen LogP contribution >= 0.6 is 11.6 Å². The summed E-state index contributed by atoms with van der Waals surface area (Å²) in [5.41, 5.74) is 2.12. The van der Waals surface area contributed by atoms with Crippen molar-refractivity contribution >= 4 is 23.3 Å². The molecule has 1 aliphatic carbocycles. The van der Waals surface area contributed by atoms with Crippen LogP contribution in [0, 0.1) is 0 Å². The lowest BCUT2D eigenvalue weighted by Gasteiger charge is -2.21. The summed E-state index contributed by atoms with van der Waals surface area (Å²) in [5, 5.41) is 3.33. The van der Waals surface area contributed by atoms with Gasteiger partial charge in [-0.05, 0) is 48.7 Å². The Morgan fingerprint density at radius 3 is 2.45 bits per heavy atom. The summed E-state index contributed by atoms with van der Waals surface area (Å²) in [7, 11) is 0. The lowest BCUT2D eigenvalue weighted by atomic mass is 9.92. The van der Waals surface area contributed by atoms with Gasteiger partial charge >= 0.3 is 0 Å². The molecule has 29 heavy (non-hydrogen) atoms. The average molecular weight is 407 g/mol. The molecular weight excluding hydrogens is 388 g/mol. The summed E-state index contributed by atoms with van der Waals surface area (Å²) in [6.45, 7) is 0.297. The number of fused-ring (bicyclic) bond motifs is 1. The maximum Gasteiger partial charge on any atom is 0.268 e. The fraction of sp³-hybridized carbons (Fsp3) is 0.174. The molecule has 5 nitrogen and oxygen atoms in total. The predicted molar refractivity (Wildman–Crippen MR) is 112 cm³/mol. The Morgan fingerprint density at radius 1 is 1.00 bits per heavy atom. The van der Waals surface area contributed by atoms with Crippen LogP contribution in [0.4, 0.5) is 0 Å². The number of benzene rings is 2. The van der Waals surface area contributed by atoms with Crippen LogP contribution in [0.2, 0.25) is 5.02 Å². The van der Waals surface area contributed by atoms with Crippen molar-refractivity contribution in [2.24, 2.45) is 0 Å². The second kappa shape index (κ2) is 8.05. The van der Waals surface area contributed by atoms with E-state index < -0.39 is 11.5 Å². The fourth-order valence-electron chi connectivity index (χ4n) is 3.59. The van der Waals surface area contributed by atoms with E-state index in [4.69, 9.17) is 11.6 Å². The minimum absolute atomic E-state index is 0.0371. The van der Waals surface area contributed by atoms with Crippen LogP contribution in [0.15, 0.2) is 65.5 Å². The number of halogens is 1. The van der Waals surface area contributed by atoms with Crippen molar-refractivity contribution in [3.63, 3.8) is 0 Å². The van der Waals surface area contributed by atoms with Crippen molar-refractivity contribution in [1.29, 1.82) is 0 Å². The van der Waals surface area contributed by atoms with Crippen molar-refractivity contribution < 1.29 is 9.59 Å². The summed E-state index contributed by atoms with van der Waals surface area (Å²) in [6.07, 6.45) is 1.69. The highest BCUT2D eigenvalue weighted by molar-refractivity contribution is 6.30. The van der Waals surface area contributed by atoms with Crippen molar-refractivity contribution in [2.45, 2.75) is 25.8 Å². The second-order valence-electron chi connectivity index (χ2n) is 6.98. The number of ketones is 1. The molecule has 1 N–H and O–H groups in total. The Balaban J connectivity index is 1.78. The molecule has 0 aliphatic heterocycles. The molecule has 0 atom stereocenters. The topological polar surface area (TPSA) is 68.2 Å². The van der Waals surface area contributed by atoms with Crippen molar-refractivity contribution in [1.82, 2.24) is 9.88 Å². The first-order valence-electron chi connectivity index (χ1n) is 9.45. The Bertz CT molecular complexity index is 1140. The Morgan fingerprint density at radius 2 is 1.72 bits per heavy atom. The monoisotopic (exact) mass is 406 g/mol. The normalized spacial score (nSPS) is 13.1. The van der Waals surface area contributed by atoms with Crippen molar-refractivity contribution in [3.05, 3.63) is 98.4 Å². The molecule has 1 heterocycles. The van der Waals surface area contributed by atoms with E-state index in [0.29, 0.717) is 47.8 Å². The van der Waals surface area contributed by atoms with E-state index in [1.54, 1.807) is 24.3 Å². The van der Waals surface area contributed by atoms with E-state index in [9.17, 15) is 14.4 Å². The Kier molecular flexibility index (Phi) is 5.32. The van der Waals surface area contributed by atoms with Gasteiger partial charge in [0.15, 0.2) is 5.78 Å². The molecule has 0 fully saturated rings.